The molecule has 1 aromatic carbocycles. The molecule has 0 unspecified atom stereocenters. The van der Waals surface area contributed by atoms with Gasteiger partial charge in [0.1, 0.15) is 6.73 Å². The van der Waals surface area contributed by atoms with Crippen LogP contribution in [0.2, 0.25) is 0 Å². The Morgan fingerprint density at radius 1 is 1.35 bits per heavy atom. The third kappa shape index (κ3) is 4.84. The second-order valence-corrected chi connectivity index (χ2v) is 10.9. The molecule has 0 heterocycles. The molecule has 0 spiro atoms. The molecule has 0 radical (unpaired) electrons. The molecule has 1 aliphatic carbocycles. The quantitative estimate of drug-likeness (QED) is 0.437. The zero-order valence-corrected chi connectivity index (χ0v) is 13.6. The third-order valence-corrected chi connectivity index (χ3v) is 4.88. The molecule has 1 aliphatic rings. The highest BCUT2D eigenvalue weighted by Gasteiger charge is 2.23. The van der Waals surface area contributed by atoms with Gasteiger partial charge in [0.25, 0.3) is 0 Å². The molecule has 0 bridgehead atoms. The van der Waals surface area contributed by atoms with Crippen molar-refractivity contribution in [1.29, 1.82) is 5.41 Å². The van der Waals surface area contributed by atoms with Crippen LogP contribution in [-0.4, -0.2) is 44.1 Å². The number of hydrogen-bond acceptors (Lipinski definition) is 3. The predicted octanol–water partition coefficient (Wildman–Crippen LogP) is 3.64. The molecule has 0 aliphatic heterocycles. The number of rotatable bonds is 8. The molecule has 0 aromatic heterocycles. The molecule has 1 fully saturated rings. The smallest absolute Gasteiger partial charge is 0.116 e. The van der Waals surface area contributed by atoms with Crippen LogP contribution in [0.1, 0.15) is 29.9 Å². The van der Waals surface area contributed by atoms with Gasteiger partial charge in [-0.15, -0.1) is 0 Å². The van der Waals surface area contributed by atoms with Crippen molar-refractivity contribution in [1.82, 2.24) is 0 Å². The zero-order chi connectivity index (χ0) is 14.6. The average Bonchev–Trinajstić information content (AvgIpc) is 3.21. The van der Waals surface area contributed by atoms with Gasteiger partial charge in [0.05, 0.1) is 6.61 Å². The second-order valence-electron chi connectivity index (χ2n) is 6.29. The SMILES string of the molecule is CS(C)(C)CCOCNc1ccc(C2CC2)cc1C=N. The largest absolute Gasteiger partial charge is 0.362 e. The molecule has 0 atom stereocenters. The van der Waals surface area contributed by atoms with Crippen molar-refractivity contribution in [2.24, 2.45) is 0 Å². The van der Waals surface area contributed by atoms with Gasteiger partial charge in [-0.2, -0.15) is 0 Å². The lowest BCUT2D eigenvalue weighted by atomic mass is 10.1. The fourth-order valence-electron chi connectivity index (χ4n) is 2.04. The summed E-state index contributed by atoms with van der Waals surface area (Å²) in [5.74, 6) is 1.86. The Hall–Kier alpha value is -1.00. The normalized spacial score (nSPS) is 15.9. The Labute approximate surface area is 123 Å². The lowest BCUT2D eigenvalue weighted by Gasteiger charge is -2.24. The minimum absolute atomic E-state index is 0.479. The van der Waals surface area contributed by atoms with Crippen molar-refractivity contribution in [3.05, 3.63) is 29.3 Å². The minimum Gasteiger partial charge on any atom is -0.362 e. The van der Waals surface area contributed by atoms with Crippen LogP contribution in [-0.2, 0) is 4.74 Å². The summed E-state index contributed by atoms with van der Waals surface area (Å²) in [5, 5.41) is 10.8. The highest BCUT2D eigenvalue weighted by atomic mass is 32.3. The van der Waals surface area contributed by atoms with Crippen molar-refractivity contribution in [2.45, 2.75) is 18.8 Å². The van der Waals surface area contributed by atoms with Crippen molar-refractivity contribution in [2.75, 3.05) is 43.2 Å². The molecule has 1 saturated carbocycles. The molecule has 2 N–H and O–H groups in total. The average molecular weight is 294 g/mol. The maximum atomic E-state index is 7.54. The summed E-state index contributed by atoms with van der Waals surface area (Å²) < 4.78 is 5.64. The molecular formula is C16H26N2OS. The number of nitrogens with one attached hydrogen (secondary N) is 2. The fraction of sp³-hybridized carbons (Fsp3) is 0.562. The highest BCUT2D eigenvalue weighted by Crippen LogP contribution is 2.40. The summed E-state index contributed by atoms with van der Waals surface area (Å²) in [4.78, 5) is 0. The van der Waals surface area contributed by atoms with E-state index >= 15 is 0 Å². The van der Waals surface area contributed by atoms with Crippen molar-refractivity contribution in [3.8, 4) is 0 Å². The Morgan fingerprint density at radius 2 is 2.10 bits per heavy atom. The Balaban J connectivity index is 1.81. The van der Waals surface area contributed by atoms with E-state index in [0.29, 0.717) is 6.73 Å². The van der Waals surface area contributed by atoms with E-state index in [1.54, 1.807) is 0 Å². The van der Waals surface area contributed by atoms with Gasteiger partial charge in [0, 0.05) is 23.2 Å². The van der Waals surface area contributed by atoms with Crippen LogP contribution in [0.15, 0.2) is 18.2 Å². The van der Waals surface area contributed by atoms with Gasteiger partial charge in [-0.3, -0.25) is 0 Å². The lowest BCUT2D eigenvalue weighted by molar-refractivity contribution is 0.169. The third-order valence-electron chi connectivity index (χ3n) is 3.48. The van der Waals surface area contributed by atoms with Crippen LogP contribution >= 0.6 is 10.0 Å². The van der Waals surface area contributed by atoms with E-state index in [9.17, 15) is 0 Å². The summed E-state index contributed by atoms with van der Waals surface area (Å²) in [6.45, 7) is 1.31. The van der Waals surface area contributed by atoms with Gasteiger partial charge in [-0.1, -0.05) is 6.07 Å². The summed E-state index contributed by atoms with van der Waals surface area (Å²) in [7, 11) is -0.479. The van der Waals surface area contributed by atoms with Gasteiger partial charge in [0.2, 0.25) is 0 Å². The van der Waals surface area contributed by atoms with E-state index in [1.165, 1.54) is 24.6 Å². The van der Waals surface area contributed by atoms with Gasteiger partial charge in [0.15, 0.2) is 0 Å². The Bertz CT molecular complexity index is 464. The molecule has 4 heteroatoms. The van der Waals surface area contributed by atoms with Crippen molar-refractivity contribution >= 4 is 21.9 Å². The second kappa shape index (κ2) is 6.64. The first-order valence-electron chi connectivity index (χ1n) is 7.11. The highest BCUT2D eigenvalue weighted by molar-refractivity contribution is 8.32. The van der Waals surface area contributed by atoms with E-state index in [2.05, 4.69) is 42.3 Å². The first-order chi connectivity index (χ1) is 9.49. The maximum absolute atomic E-state index is 7.54. The summed E-state index contributed by atoms with van der Waals surface area (Å²) in [6, 6.07) is 6.38. The van der Waals surface area contributed by atoms with Gasteiger partial charge in [-0.05, 0) is 55.2 Å². The number of benzene rings is 1. The van der Waals surface area contributed by atoms with E-state index < -0.39 is 10.0 Å². The van der Waals surface area contributed by atoms with Crippen LogP contribution in [0.5, 0.6) is 0 Å². The summed E-state index contributed by atoms with van der Waals surface area (Å²) >= 11 is 0. The van der Waals surface area contributed by atoms with E-state index in [0.717, 1.165) is 29.5 Å². The molecule has 112 valence electrons. The predicted molar refractivity (Wildman–Crippen MR) is 91.0 cm³/mol. The molecular weight excluding hydrogens is 268 g/mol. The van der Waals surface area contributed by atoms with Gasteiger partial charge < -0.3 is 15.5 Å². The monoisotopic (exact) mass is 294 g/mol. The standard InChI is InChI=1S/C16H26N2OS/c1-20(2,3)9-8-19-12-18-16-7-6-14(13-4-5-13)10-15(16)11-17/h6-7,10-11,13,17-18H,4-5,8-9,12H2,1-3H3. The number of ether oxygens (including phenoxy) is 1. The molecule has 3 nitrogen and oxygen atoms in total. The molecule has 2 rings (SSSR count). The van der Waals surface area contributed by atoms with Crippen LogP contribution in [0, 0.1) is 5.41 Å². The van der Waals surface area contributed by atoms with E-state index in [1.807, 2.05) is 0 Å². The van der Waals surface area contributed by atoms with Crippen molar-refractivity contribution < 1.29 is 4.74 Å². The number of hydrogen-bond donors (Lipinski definition) is 2. The number of anilines is 1. The lowest BCUT2D eigenvalue weighted by Crippen LogP contribution is -2.13. The Kier molecular flexibility index (Phi) is 5.11. The fourth-order valence-corrected chi connectivity index (χ4v) is 2.66. The first kappa shape index (κ1) is 15.4. The molecule has 0 amide bonds. The van der Waals surface area contributed by atoms with Crippen molar-refractivity contribution in [3.63, 3.8) is 0 Å². The van der Waals surface area contributed by atoms with E-state index in [4.69, 9.17) is 10.1 Å². The van der Waals surface area contributed by atoms with Crippen LogP contribution < -0.4 is 5.32 Å². The maximum Gasteiger partial charge on any atom is 0.116 e. The summed E-state index contributed by atoms with van der Waals surface area (Å²) in [5.41, 5.74) is 3.32. The topological polar surface area (TPSA) is 45.1 Å². The minimum atomic E-state index is -0.479. The summed E-state index contributed by atoms with van der Waals surface area (Å²) in [6.07, 6.45) is 10.9. The van der Waals surface area contributed by atoms with Crippen LogP contribution in [0.4, 0.5) is 5.69 Å². The first-order valence-corrected chi connectivity index (χ1v) is 10.1. The molecule has 1 aromatic rings. The van der Waals surface area contributed by atoms with Crippen LogP contribution in [0.25, 0.3) is 0 Å². The van der Waals surface area contributed by atoms with Gasteiger partial charge in [-0.25, -0.2) is 10.0 Å². The van der Waals surface area contributed by atoms with Crippen LogP contribution in [0.3, 0.4) is 0 Å². The van der Waals surface area contributed by atoms with Gasteiger partial charge >= 0.3 is 0 Å². The molecule has 0 saturated heterocycles. The molecule has 20 heavy (non-hydrogen) atoms. The van der Waals surface area contributed by atoms with E-state index in [-0.39, 0.29) is 0 Å². The zero-order valence-electron chi connectivity index (χ0n) is 12.7. The Morgan fingerprint density at radius 3 is 2.70 bits per heavy atom.